The molecule has 2 aromatic rings. The summed E-state index contributed by atoms with van der Waals surface area (Å²) in [5.41, 5.74) is 1.05. The Hall–Kier alpha value is -2.39. The second-order valence-corrected chi connectivity index (χ2v) is 6.73. The Kier molecular flexibility index (Phi) is 4.05. The van der Waals surface area contributed by atoms with Crippen molar-refractivity contribution < 1.29 is 17.9 Å². The zero-order valence-corrected chi connectivity index (χ0v) is 13.0. The van der Waals surface area contributed by atoms with Crippen molar-refractivity contribution >= 4 is 15.9 Å². The van der Waals surface area contributed by atoms with Crippen LogP contribution in [0.3, 0.4) is 0 Å². The highest BCUT2D eigenvalue weighted by Crippen LogP contribution is 2.18. The maximum Gasteiger partial charge on any atom is 0.272 e. The number of aromatic nitrogens is 2. The highest BCUT2D eigenvalue weighted by atomic mass is 32.2. The van der Waals surface area contributed by atoms with Gasteiger partial charge in [-0.05, 0) is 17.7 Å². The molecule has 1 aromatic heterocycles. The van der Waals surface area contributed by atoms with E-state index in [1.807, 2.05) is 0 Å². The SMILES string of the molecule is NS(=O)(=O)c1ccc(CNC(=O)c2cc3n(n2)CCCO3)cc1. The molecule has 3 N–H and O–H groups in total. The summed E-state index contributed by atoms with van der Waals surface area (Å²) < 4.78 is 29.4. The molecule has 0 spiro atoms. The van der Waals surface area contributed by atoms with Crippen LogP contribution in [0.4, 0.5) is 0 Å². The third kappa shape index (κ3) is 3.51. The van der Waals surface area contributed by atoms with Crippen LogP contribution >= 0.6 is 0 Å². The molecule has 122 valence electrons. The largest absolute Gasteiger partial charge is 0.478 e. The molecule has 23 heavy (non-hydrogen) atoms. The fourth-order valence-corrected chi connectivity index (χ4v) is 2.76. The first-order valence-electron chi connectivity index (χ1n) is 7.04. The van der Waals surface area contributed by atoms with E-state index < -0.39 is 10.0 Å². The molecule has 9 heteroatoms. The molecule has 3 rings (SSSR count). The van der Waals surface area contributed by atoms with Crippen LogP contribution in [0.2, 0.25) is 0 Å². The van der Waals surface area contributed by atoms with Crippen molar-refractivity contribution in [2.45, 2.75) is 24.4 Å². The number of nitrogens with zero attached hydrogens (tertiary/aromatic N) is 2. The number of aryl methyl sites for hydroxylation is 1. The molecule has 1 amide bonds. The summed E-state index contributed by atoms with van der Waals surface area (Å²) in [6.07, 6.45) is 0.867. The maximum absolute atomic E-state index is 12.1. The van der Waals surface area contributed by atoms with Gasteiger partial charge in [-0.2, -0.15) is 5.10 Å². The van der Waals surface area contributed by atoms with Crippen molar-refractivity contribution in [1.29, 1.82) is 0 Å². The predicted molar refractivity (Wildman–Crippen MR) is 81.3 cm³/mol. The Morgan fingerprint density at radius 3 is 2.74 bits per heavy atom. The number of primary sulfonamides is 1. The summed E-state index contributed by atoms with van der Waals surface area (Å²) in [4.78, 5) is 12.1. The maximum atomic E-state index is 12.1. The van der Waals surface area contributed by atoms with E-state index in [2.05, 4.69) is 10.4 Å². The number of amides is 1. The van der Waals surface area contributed by atoms with Crippen molar-refractivity contribution in [1.82, 2.24) is 15.1 Å². The van der Waals surface area contributed by atoms with E-state index in [0.29, 0.717) is 18.2 Å². The van der Waals surface area contributed by atoms with Crippen molar-refractivity contribution in [3.63, 3.8) is 0 Å². The van der Waals surface area contributed by atoms with Crippen LogP contribution in [0, 0.1) is 0 Å². The monoisotopic (exact) mass is 336 g/mol. The predicted octanol–water partition coefficient (Wildman–Crippen LogP) is 0.243. The lowest BCUT2D eigenvalue weighted by atomic mass is 10.2. The van der Waals surface area contributed by atoms with Crippen molar-refractivity contribution in [2.75, 3.05) is 6.61 Å². The van der Waals surface area contributed by atoms with E-state index in [4.69, 9.17) is 9.88 Å². The zero-order valence-electron chi connectivity index (χ0n) is 12.2. The zero-order chi connectivity index (χ0) is 16.4. The molecular weight excluding hydrogens is 320 g/mol. The molecule has 0 radical (unpaired) electrons. The molecule has 0 bridgehead atoms. The topological polar surface area (TPSA) is 116 Å². The minimum Gasteiger partial charge on any atom is -0.478 e. The summed E-state index contributed by atoms with van der Waals surface area (Å²) in [6, 6.07) is 7.61. The minimum absolute atomic E-state index is 0.0338. The van der Waals surface area contributed by atoms with Gasteiger partial charge in [0.2, 0.25) is 15.9 Å². The highest BCUT2D eigenvalue weighted by molar-refractivity contribution is 7.89. The van der Waals surface area contributed by atoms with Crippen molar-refractivity contribution in [3.05, 3.63) is 41.6 Å². The molecule has 0 fully saturated rings. The van der Waals surface area contributed by atoms with Gasteiger partial charge in [-0.1, -0.05) is 12.1 Å². The van der Waals surface area contributed by atoms with Crippen LogP contribution in [-0.2, 0) is 23.1 Å². The number of benzene rings is 1. The van der Waals surface area contributed by atoms with Gasteiger partial charge in [0.05, 0.1) is 11.5 Å². The lowest BCUT2D eigenvalue weighted by Gasteiger charge is -2.13. The summed E-state index contributed by atoms with van der Waals surface area (Å²) in [5, 5.41) is 12.0. The molecular formula is C14H16N4O4S. The molecule has 2 heterocycles. The highest BCUT2D eigenvalue weighted by Gasteiger charge is 2.17. The fraction of sp³-hybridized carbons (Fsp3) is 0.286. The Bertz CT molecular complexity index is 803. The van der Waals surface area contributed by atoms with Crippen LogP contribution in [0.1, 0.15) is 22.5 Å². The number of carbonyl (C=O) groups is 1. The summed E-state index contributed by atoms with van der Waals surface area (Å²) in [5.74, 6) is 0.282. The van der Waals surface area contributed by atoms with E-state index in [9.17, 15) is 13.2 Å². The number of rotatable bonds is 4. The first-order chi connectivity index (χ1) is 10.9. The van der Waals surface area contributed by atoms with Crippen LogP contribution < -0.4 is 15.2 Å². The van der Waals surface area contributed by atoms with E-state index >= 15 is 0 Å². The molecule has 0 aliphatic carbocycles. The summed E-state index contributed by atoms with van der Waals surface area (Å²) >= 11 is 0. The van der Waals surface area contributed by atoms with Gasteiger partial charge in [-0.25, -0.2) is 18.2 Å². The first kappa shape index (κ1) is 15.5. The molecule has 8 nitrogen and oxygen atoms in total. The summed E-state index contributed by atoms with van der Waals surface area (Å²) in [6.45, 7) is 1.62. The number of nitrogens with two attached hydrogens (primary N) is 1. The van der Waals surface area contributed by atoms with Crippen LogP contribution in [0.25, 0.3) is 0 Å². The minimum atomic E-state index is -3.71. The Labute approximate surface area is 133 Å². The second kappa shape index (κ2) is 6.01. The van der Waals surface area contributed by atoms with Gasteiger partial charge in [0.1, 0.15) is 0 Å². The number of hydrogen-bond donors (Lipinski definition) is 2. The average molecular weight is 336 g/mol. The lowest BCUT2D eigenvalue weighted by Crippen LogP contribution is -2.23. The Balaban J connectivity index is 1.63. The van der Waals surface area contributed by atoms with Gasteiger partial charge in [0.15, 0.2) is 5.69 Å². The number of ether oxygens (including phenoxy) is 1. The third-order valence-corrected chi connectivity index (χ3v) is 4.37. The number of nitrogens with one attached hydrogen (secondary N) is 1. The van der Waals surface area contributed by atoms with Gasteiger partial charge in [-0.3, -0.25) is 4.79 Å². The molecule has 1 aliphatic heterocycles. The summed E-state index contributed by atoms with van der Waals surface area (Å²) in [7, 11) is -3.71. The Morgan fingerprint density at radius 2 is 2.09 bits per heavy atom. The van der Waals surface area contributed by atoms with Crippen molar-refractivity contribution in [2.24, 2.45) is 5.14 Å². The van der Waals surface area contributed by atoms with Gasteiger partial charge in [-0.15, -0.1) is 0 Å². The Morgan fingerprint density at radius 1 is 1.35 bits per heavy atom. The standard InChI is InChI=1S/C14H16N4O4S/c15-23(20,21)11-4-2-10(3-5-11)9-16-14(19)12-8-13-18(17-12)6-1-7-22-13/h2-5,8H,1,6-7,9H2,(H,16,19)(H2,15,20,21). The van der Waals surface area contributed by atoms with Crippen LogP contribution in [0.15, 0.2) is 35.2 Å². The van der Waals surface area contributed by atoms with E-state index in [0.717, 1.165) is 18.5 Å². The number of sulfonamides is 1. The number of fused-ring (bicyclic) bond motifs is 1. The smallest absolute Gasteiger partial charge is 0.272 e. The van der Waals surface area contributed by atoms with Crippen LogP contribution in [0.5, 0.6) is 5.88 Å². The lowest BCUT2D eigenvalue weighted by molar-refractivity contribution is 0.0945. The third-order valence-electron chi connectivity index (χ3n) is 3.44. The molecule has 0 saturated heterocycles. The average Bonchev–Trinajstić information content (AvgIpc) is 2.96. The van der Waals surface area contributed by atoms with Gasteiger partial charge in [0, 0.05) is 25.6 Å². The van der Waals surface area contributed by atoms with Crippen LogP contribution in [-0.4, -0.2) is 30.7 Å². The molecule has 0 atom stereocenters. The normalized spacial score (nSPS) is 14.0. The van der Waals surface area contributed by atoms with Gasteiger partial charge >= 0.3 is 0 Å². The molecule has 1 aliphatic rings. The van der Waals surface area contributed by atoms with E-state index in [-0.39, 0.29) is 17.3 Å². The number of carbonyl (C=O) groups excluding carboxylic acids is 1. The van der Waals surface area contributed by atoms with Gasteiger partial charge in [0.25, 0.3) is 5.91 Å². The van der Waals surface area contributed by atoms with E-state index in [1.165, 1.54) is 12.1 Å². The second-order valence-electron chi connectivity index (χ2n) is 5.16. The molecule has 0 saturated carbocycles. The van der Waals surface area contributed by atoms with E-state index in [1.54, 1.807) is 22.9 Å². The quantitative estimate of drug-likeness (QED) is 0.830. The number of hydrogen-bond acceptors (Lipinski definition) is 5. The van der Waals surface area contributed by atoms with Crippen molar-refractivity contribution in [3.8, 4) is 5.88 Å². The molecule has 1 aromatic carbocycles. The fourth-order valence-electron chi connectivity index (χ4n) is 2.25. The molecule has 0 unspecified atom stereocenters. The van der Waals surface area contributed by atoms with Gasteiger partial charge < -0.3 is 10.1 Å². The first-order valence-corrected chi connectivity index (χ1v) is 8.59.